The van der Waals surface area contributed by atoms with Gasteiger partial charge in [0.05, 0.1) is 12.4 Å². The number of carboxylic acid groups (broad SMARTS) is 1. The number of aromatic nitrogens is 2. The van der Waals surface area contributed by atoms with E-state index in [4.69, 9.17) is 5.11 Å². The van der Waals surface area contributed by atoms with Gasteiger partial charge in [0, 0.05) is 6.04 Å². The van der Waals surface area contributed by atoms with Gasteiger partial charge in [-0.15, -0.1) is 0 Å². The van der Waals surface area contributed by atoms with Crippen molar-refractivity contribution in [3.8, 4) is 5.75 Å². The highest BCUT2D eigenvalue weighted by Crippen LogP contribution is 2.21. The first-order chi connectivity index (χ1) is 6.83. The molecular weight excluding hydrogens is 210 g/mol. The summed E-state index contributed by atoms with van der Waals surface area (Å²) in [5.74, 6) is -2.61. The van der Waals surface area contributed by atoms with E-state index in [1.807, 2.05) is 0 Å². The minimum Gasteiger partial charge on any atom is -0.474 e. The maximum Gasteiger partial charge on any atom is 0.502 e. The monoisotopic (exact) mass is 220 g/mol. The maximum atomic E-state index is 12.6. The molecule has 0 aromatic carbocycles. The number of hydrogen-bond donors (Lipinski definition) is 1. The third-order valence-electron chi connectivity index (χ3n) is 1.60. The van der Waals surface area contributed by atoms with Gasteiger partial charge in [0.25, 0.3) is 0 Å². The van der Waals surface area contributed by atoms with Crippen molar-refractivity contribution >= 4 is 5.97 Å². The summed E-state index contributed by atoms with van der Waals surface area (Å²) in [5, 5.41) is 11.8. The normalized spacial score (nSPS) is 11.8. The second-order valence-electron chi connectivity index (χ2n) is 3.17. The van der Waals surface area contributed by atoms with E-state index >= 15 is 0 Å². The SMILES string of the molecule is CC(C)n1cc(OC(F)(F)C(=O)O)cn1. The van der Waals surface area contributed by atoms with Crippen LogP contribution in [-0.4, -0.2) is 27.0 Å². The molecule has 1 rings (SSSR count). The van der Waals surface area contributed by atoms with Gasteiger partial charge in [-0.1, -0.05) is 0 Å². The molecule has 0 unspecified atom stereocenters. The molecule has 1 heterocycles. The Morgan fingerprint density at radius 1 is 1.67 bits per heavy atom. The van der Waals surface area contributed by atoms with Crippen molar-refractivity contribution in [2.24, 2.45) is 0 Å². The molecule has 1 aromatic rings. The molecule has 0 atom stereocenters. The molecule has 0 spiro atoms. The van der Waals surface area contributed by atoms with Gasteiger partial charge in [-0.05, 0) is 13.8 Å². The quantitative estimate of drug-likeness (QED) is 0.835. The minimum atomic E-state index is -4.23. The highest BCUT2D eigenvalue weighted by atomic mass is 19.3. The van der Waals surface area contributed by atoms with Crippen LogP contribution in [0.4, 0.5) is 8.78 Å². The van der Waals surface area contributed by atoms with E-state index in [1.165, 1.54) is 10.9 Å². The molecular formula is C8H10F2N2O3. The molecule has 0 aliphatic heterocycles. The zero-order chi connectivity index (χ0) is 11.6. The zero-order valence-electron chi connectivity index (χ0n) is 8.15. The first-order valence-electron chi connectivity index (χ1n) is 4.17. The number of hydrogen-bond acceptors (Lipinski definition) is 3. The van der Waals surface area contributed by atoms with E-state index in [0.717, 1.165) is 6.20 Å². The van der Waals surface area contributed by atoms with Gasteiger partial charge in [-0.25, -0.2) is 4.79 Å². The first kappa shape index (κ1) is 11.4. The van der Waals surface area contributed by atoms with Crippen LogP contribution in [0.25, 0.3) is 0 Å². The molecule has 15 heavy (non-hydrogen) atoms. The maximum absolute atomic E-state index is 12.6. The lowest BCUT2D eigenvalue weighted by atomic mass is 10.4. The Hall–Kier alpha value is -1.66. The van der Waals surface area contributed by atoms with E-state index in [2.05, 4.69) is 9.84 Å². The molecule has 84 valence electrons. The Morgan fingerprint density at radius 2 is 2.27 bits per heavy atom. The largest absolute Gasteiger partial charge is 0.502 e. The molecule has 0 saturated carbocycles. The summed E-state index contributed by atoms with van der Waals surface area (Å²) in [6, 6.07) is -0.0131. The molecule has 1 N–H and O–H groups in total. The summed E-state index contributed by atoms with van der Waals surface area (Å²) in [6.07, 6.45) is -1.98. The van der Waals surface area contributed by atoms with Gasteiger partial charge in [0.1, 0.15) is 0 Å². The summed E-state index contributed by atoms with van der Waals surface area (Å²) < 4.78 is 30.5. The van der Waals surface area contributed by atoms with Crippen LogP contribution in [0.2, 0.25) is 0 Å². The predicted molar refractivity (Wildman–Crippen MR) is 45.8 cm³/mol. The molecule has 0 bridgehead atoms. The highest BCUT2D eigenvalue weighted by molar-refractivity contribution is 5.73. The smallest absolute Gasteiger partial charge is 0.474 e. The van der Waals surface area contributed by atoms with E-state index in [-0.39, 0.29) is 11.8 Å². The second-order valence-corrected chi connectivity index (χ2v) is 3.17. The van der Waals surface area contributed by atoms with Gasteiger partial charge >= 0.3 is 12.1 Å². The van der Waals surface area contributed by atoms with Crippen LogP contribution in [0.15, 0.2) is 12.4 Å². The number of alkyl halides is 2. The predicted octanol–water partition coefficient (Wildman–Crippen LogP) is 1.52. The number of aliphatic carboxylic acids is 1. The zero-order valence-corrected chi connectivity index (χ0v) is 8.15. The lowest BCUT2D eigenvalue weighted by molar-refractivity contribution is -0.210. The van der Waals surface area contributed by atoms with E-state index < -0.39 is 12.1 Å². The van der Waals surface area contributed by atoms with Crippen molar-refractivity contribution in [2.45, 2.75) is 26.0 Å². The molecule has 0 amide bonds. The fourth-order valence-electron chi connectivity index (χ4n) is 0.847. The molecule has 0 saturated heterocycles. The number of ether oxygens (including phenoxy) is 1. The Bertz CT molecular complexity index is 363. The average Bonchev–Trinajstić information content (AvgIpc) is 2.51. The van der Waals surface area contributed by atoms with Crippen molar-refractivity contribution in [3.63, 3.8) is 0 Å². The average molecular weight is 220 g/mol. The fraction of sp³-hybridized carbons (Fsp3) is 0.500. The highest BCUT2D eigenvalue weighted by Gasteiger charge is 2.42. The third-order valence-corrected chi connectivity index (χ3v) is 1.60. The Balaban J connectivity index is 2.77. The van der Waals surface area contributed by atoms with E-state index in [0.29, 0.717) is 0 Å². The van der Waals surface area contributed by atoms with Gasteiger partial charge in [-0.3, -0.25) is 4.68 Å². The number of carboxylic acids is 1. The van der Waals surface area contributed by atoms with Crippen LogP contribution in [0, 0.1) is 0 Å². The van der Waals surface area contributed by atoms with Gasteiger partial charge in [0.2, 0.25) is 0 Å². The van der Waals surface area contributed by atoms with Crippen molar-refractivity contribution in [1.29, 1.82) is 0 Å². The summed E-state index contributed by atoms with van der Waals surface area (Å²) in [4.78, 5) is 10.1. The third kappa shape index (κ3) is 2.64. The van der Waals surface area contributed by atoms with Crippen molar-refractivity contribution in [3.05, 3.63) is 12.4 Å². The molecule has 0 fully saturated rings. The second kappa shape index (κ2) is 3.84. The van der Waals surface area contributed by atoms with Gasteiger partial charge in [-0.2, -0.15) is 13.9 Å². The Morgan fingerprint density at radius 3 is 2.67 bits per heavy atom. The van der Waals surface area contributed by atoms with E-state index in [1.54, 1.807) is 13.8 Å². The molecule has 0 radical (unpaired) electrons. The van der Waals surface area contributed by atoms with Crippen molar-refractivity contribution in [2.75, 3.05) is 0 Å². The topological polar surface area (TPSA) is 64.3 Å². The summed E-state index contributed by atoms with van der Waals surface area (Å²) >= 11 is 0. The molecule has 1 aromatic heterocycles. The summed E-state index contributed by atoms with van der Waals surface area (Å²) in [6.45, 7) is 3.60. The Labute approximate surface area is 84.3 Å². The van der Waals surface area contributed by atoms with Gasteiger partial charge < -0.3 is 9.84 Å². The van der Waals surface area contributed by atoms with E-state index in [9.17, 15) is 13.6 Å². The number of halogens is 2. The van der Waals surface area contributed by atoms with Crippen LogP contribution in [-0.2, 0) is 4.79 Å². The molecule has 0 aliphatic carbocycles. The molecule has 7 heteroatoms. The summed E-state index contributed by atoms with van der Waals surface area (Å²) in [7, 11) is 0. The Kier molecular flexibility index (Phi) is 2.92. The van der Waals surface area contributed by atoms with Crippen molar-refractivity contribution < 1.29 is 23.4 Å². The number of nitrogens with zero attached hydrogens (tertiary/aromatic N) is 2. The fourth-order valence-corrected chi connectivity index (χ4v) is 0.847. The van der Waals surface area contributed by atoms with Crippen LogP contribution >= 0.6 is 0 Å². The number of rotatable bonds is 4. The van der Waals surface area contributed by atoms with Crippen LogP contribution in [0.1, 0.15) is 19.9 Å². The molecule has 5 nitrogen and oxygen atoms in total. The lowest BCUT2D eigenvalue weighted by Gasteiger charge is -2.10. The molecule has 0 aliphatic rings. The summed E-state index contributed by atoms with van der Waals surface area (Å²) in [5.41, 5.74) is 0. The first-order valence-corrected chi connectivity index (χ1v) is 4.17. The van der Waals surface area contributed by atoms with Gasteiger partial charge in [0.15, 0.2) is 5.75 Å². The van der Waals surface area contributed by atoms with Crippen LogP contribution in [0.3, 0.4) is 0 Å². The van der Waals surface area contributed by atoms with Crippen LogP contribution in [0.5, 0.6) is 5.75 Å². The van der Waals surface area contributed by atoms with Crippen LogP contribution < -0.4 is 4.74 Å². The lowest BCUT2D eigenvalue weighted by Crippen LogP contribution is -2.34. The standard InChI is InChI=1S/C8H10F2N2O3/c1-5(2)12-4-6(3-11-12)15-8(9,10)7(13)14/h3-5H,1-2H3,(H,13,14). The minimum absolute atomic E-state index is 0.0131. The number of carbonyl (C=O) groups is 1. The van der Waals surface area contributed by atoms with Crippen molar-refractivity contribution in [1.82, 2.24) is 9.78 Å².